The minimum atomic E-state index is -2.91. The van der Waals surface area contributed by atoms with Crippen molar-refractivity contribution in [1.82, 2.24) is 25.4 Å². The Hall–Kier alpha value is -2.91. The van der Waals surface area contributed by atoms with Gasteiger partial charge in [0.15, 0.2) is 11.8 Å². The highest BCUT2D eigenvalue weighted by molar-refractivity contribution is 5.79. The lowest BCUT2D eigenvalue weighted by Crippen LogP contribution is -2.37. The van der Waals surface area contributed by atoms with Crippen molar-refractivity contribution in [3.8, 4) is 11.5 Å². The molecular formula is C17H24F2N6O2. The van der Waals surface area contributed by atoms with Crippen molar-refractivity contribution in [2.75, 3.05) is 13.7 Å². The van der Waals surface area contributed by atoms with Crippen LogP contribution in [0.2, 0.25) is 0 Å². The van der Waals surface area contributed by atoms with Crippen LogP contribution in [-0.4, -0.2) is 41.0 Å². The molecule has 0 unspecified atom stereocenters. The molecule has 0 amide bonds. The summed E-state index contributed by atoms with van der Waals surface area (Å²) in [4.78, 5) is 4.44. The maximum Gasteiger partial charge on any atom is 0.387 e. The summed E-state index contributed by atoms with van der Waals surface area (Å²) >= 11 is 0. The van der Waals surface area contributed by atoms with Crippen LogP contribution in [0, 0.1) is 6.92 Å². The Morgan fingerprint density at radius 3 is 2.67 bits per heavy atom. The van der Waals surface area contributed by atoms with Gasteiger partial charge in [-0.3, -0.25) is 0 Å². The first-order valence-corrected chi connectivity index (χ1v) is 8.43. The van der Waals surface area contributed by atoms with E-state index < -0.39 is 6.61 Å². The van der Waals surface area contributed by atoms with E-state index in [9.17, 15) is 8.78 Å². The van der Waals surface area contributed by atoms with E-state index in [0.717, 1.165) is 11.6 Å². The summed E-state index contributed by atoms with van der Waals surface area (Å²) in [7, 11) is 3.38. The van der Waals surface area contributed by atoms with Crippen LogP contribution >= 0.6 is 0 Å². The first kappa shape index (κ1) is 20.4. The van der Waals surface area contributed by atoms with Crippen LogP contribution in [0.5, 0.6) is 11.5 Å². The number of alkyl halides is 2. The van der Waals surface area contributed by atoms with Crippen molar-refractivity contribution in [3.63, 3.8) is 0 Å². The Labute approximate surface area is 156 Å². The van der Waals surface area contributed by atoms with Gasteiger partial charge in [-0.1, -0.05) is 0 Å². The number of hydrogen-bond acceptors (Lipinski definition) is 5. The van der Waals surface area contributed by atoms with Crippen molar-refractivity contribution >= 4 is 5.96 Å². The molecule has 0 saturated heterocycles. The molecule has 0 fully saturated rings. The molecule has 2 aromatic rings. The van der Waals surface area contributed by atoms with Gasteiger partial charge in [-0.05, 0) is 32.0 Å². The third kappa shape index (κ3) is 5.80. The average Bonchev–Trinajstić information content (AvgIpc) is 2.96. The number of aryl methyl sites for hydroxylation is 1. The van der Waals surface area contributed by atoms with E-state index in [1.165, 1.54) is 13.2 Å². The van der Waals surface area contributed by atoms with Crippen LogP contribution in [0.25, 0.3) is 0 Å². The van der Waals surface area contributed by atoms with Crippen LogP contribution in [0.3, 0.4) is 0 Å². The number of hydrogen-bond donors (Lipinski definition) is 2. The topological polar surface area (TPSA) is 85.6 Å². The SMILES string of the molecule is CCNC(=NCc1cc(OC)ccc1OC(F)F)NCc1nnc(C)n1C. The molecule has 1 heterocycles. The Morgan fingerprint density at radius 2 is 2.07 bits per heavy atom. The smallest absolute Gasteiger partial charge is 0.387 e. The van der Waals surface area contributed by atoms with Crippen molar-refractivity contribution < 1.29 is 18.3 Å². The highest BCUT2D eigenvalue weighted by atomic mass is 19.3. The lowest BCUT2D eigenvalue weighted by Gasteiger charge is -2.13. The van der Waals surface area contributed by atoms with E-state index in [4.69, 9.17) is 4.74 Å². The number of rotatable bonds is 8. The number of methoxy groups -OCH3 is 1. The Kier molecular flexibility index (Phi) is 7.33. The van der Waals surface area contributed by atoms with Gasteiger partial charge in [0.2, 0.25) is 0 Å². The zero-order chi connectivity index (χ0) is 19.8. The number of nitrogens with one attached hydrogen (secondary N) is 2. The van der Waals surface area contributed by atoms with Gasteiger partial charge < -0.3 is 24.7 Å². The summed E-state index contributed by atoms with van der Waals surface area (Å²) in [6.07, 6.45) is 0. The second kappa shape index (κ2) is 9.70. The van der Waals surface area contributed by atoms with Crippen LogP contribution in [-0.2, 0) is 20.1 Å². The minimum absolute atomic E-state index is 0.0642. The number of nitrogens with zero attached hydrogens (tertiary/aromatic N) is 4. The molecule has 0 atom stereocenters. The third-order valence-corrected chi connectivity index (χ3v) is 3.83. The van der Waals surface area contributed by atoms with Gasteiger partial charge in [0.05, 0.1) is 20.2 Å². The molecule has 10 heteroatoms. The molecule has 2 N–H and O–H groups in total. The second-order valence-corrected chi connectivity index (χ2v) is 5.62. The predicted molar refractivity (Wildman–Crippen MR) is 97.0 cm³/mol. The standard InChI is InChI=1S/C17H24F2N6O2/c1-5-20-17(22-10-15-24-23-11(2)25(15)3)21-9-12-8-13(26-4)6-7-14(12)27-16(18)19/h6-8,16H,5,9-10H2,1-4H3,(H2,20,21,22). The van der Waals surface area contributed by atoms with E-state index in [1.54, 1.807) is 12.1 Å². The Morgan fingerprint density at radius 1 is 1.30 bits per heavy atom. The second-order valence-electron chi connectivity index (χ2n) is 5.62. The van der Waals surface area contributed by atoms with Crippen LogP contribution in [0.15, 0.2) is 23.2 Å². The molecule has 0 aliphatic rings. The Balaban J connectivity index is 2.14. The van der Waals surface area contributed by atoms with Gasteiger partial charge >= 0.3 is 6.61 Å². The summed E-state index contributed by atoms with van der Waals surface area (Å²) in [5.41, 5.74) is 0.487. The molecule has 1 aromatic carbocycles. The van der Waals surface area contributed by atoms with Crippen molar-refractivity contribution in [1.29, 1.82) is 0 Å². The molecule has 1 aromatic heterocycles. The maximum atomic E-state index is 12.6. The molecule has 0 aliphatic carbocycles. The fraction of sp³-hybridized carbons (Fsp3) is 0.471. The van der Waals surface area contributed by atoms with Gasteiger partial charge in [-0.25, -0.2) is 4.99 Å². The van der Waals surface area contributed by atoms with E-state index in [2.05, 4.69) is 30.6 Å². The van der Waals surface area contributed by atoms with Crippen LogP contribution < -0.4 is 20.1 Å². The number of aliphatic imine (C=N–C) groups is 1. The first-order valence-electron chi connectivity index (χ1n) is 8.43. The third-order valence-electron chi connectivity index (χ3n) is 3.83. The predicted octanol–water partition coefficient (Wildman–Crippen LogP) is 1.99. The number of aromatic nitrogens is 3. The lowest BCUT2D eigenvalue weighted by molar-refractivity contribution is -0.0504. The lowest BCUT2D eigenvalue weighted by atomic mass is 10.2. The number of guanidine groups is 1. The van der Waals surface area contributed by atoms with E-state index in [0.29, 0.717) is 30.4 Å². The maximum absolute atomic E-state index is 12.6. The summed E-state index contributed by atoms with van der Waals surface area (Å²) in [6, 6.07) is 4.63. The average molecular weight is 382 g/mol. The van der Waals surface area contributed by atoms with Crippen molar-refractivity contribution in [2.24, 2.45) is 12.0 Å². The van der Waals surface area contributed by atoms with Gasteiger partial charge in [-0.2, -0.15) is 8.78 Å². The summed E-state index contributed by atoms with van der Waals surface area (Å²) in [5, 5.41) is 14.3. The fourth-order valence-electron chi connectivity index (χ4n) is 2.29. The van der Waals surface area contributed by atoms with E-state index >= 15 is 0 Å². The number of halogens is 2. The summed E-state index contributed by atoms with van der Waals surface area (Å²) < 4.78 is 36.8. The molecule has 148 valence electrons. The minimum Gasteiger partial charge on any atom is -0.497 e. The molecule has 0 spiro atoms. The number of benzene rings is 1. The van der Waals surface area contributed by atoms with Gasteiger partial charge in [-0.15, -0.1) is 10.2 Å². The molecule has 2 rings (SSSR count). The number of ether oxygens (including phenoxy) is 2. The first-order chi connectivity index (χ1) is 12.9. The highest BCUT2D eigenvalue weighted by Crippen LogP contribution is 2.26. The van der Waals surface area contributed by atoms with E-state index in [-0.39, 0.29) is 12.3 Å². The molecule has 0 saturated carbocycles. The molecular weight excluding hydrogens is 358 g/mol. The monoisotopic (exact) mass is 382 g/mol. The molecule has 8 nitrogen and oxygen atoms in total. The van der Waals surface area contributed by atoms with Gasteiger partial charge in [0.25, 0.3) is 0 Å². The molecule has 0 radical (unpaired) electrons. The van der Waals surface area contributed by atoms with E-state index in [1.807, 2.05) is 25.5 Å². The Bertz CT molecular complexity index is 779. The van der Waals surface area contributed by atoms with Gasteiger partial charge in [0.1, 0.15) is 17.3 Å². The summed E-state index contributed by atoms with van der Waals surface area (Å²) in [5.74, 6) is 2.67. The van der Waals surface area contributed by atoms with Crippen molar-refractivity contribution in [2.45, 2.75) is 33.5 Å². The van der Waals surface area contributed by atoms with Crippen LogP contribution in [0.4, 0.5) is 8.78 Å². The quantitative estimate of drug-likeness (QED) is 0.537. The molecule has 0 aliphatic heterocycles. The molecule has 0 bridgehead atoms. The normalized spacial score (nSPS) is 11.6. The summed E-state index contributed by atoms with van der Waals surface area (Å²) in [6.45, 7) is 2.08. The van der Waals surface area contributed by atoms with Gasteiger partial charge in [0, 0.05) is 19.2 Å². The highest BCUT2D eigenvalue weighted by Gasteiger charge is 2.11. The molecule has 27 heavy (non-hydrogen) atoms. The largest absolute Gasteiger partial charge is 0.497 e. The zero-order valence-corrected chi connectivity index (χ0v) is 15.8. The zero-order valence-electron chi connectivity index (χ0n) is 15.8. The van der Waals surface area contributed by atoms with Crippen LogP contribution in [0.1, 0.15) is 24.1 Å². The fourth-order valence-corrected chi connectivity index (χ4v) is 2.29. The van der Waals surface area contributed by atoms with Crippen molar-refractivity contribution in [3.05, 3.63) is 35.4 Å².